The van der Waals surface area contributed by atoms with Gasteiger partial charge in [-0.2, -0.15) is 0 Å². The van der Waals surface area contributed by atoms with Crippen LogP contribution in [0.3, 0.4) is 0 Å². The van der Waals surface area contributed by atoms with Crippen molar-refractivity contribution >= 4 is 10.0 Å². The van der Waals surface area contributed by atoms with Gasteiger partial charge in [0.1, 0.15) is 0 Å². The summed E-state index contributed by atoms with van der Waals surface area (Å²) in [5, 5.41) is 8.50. The van der Waals surface area contributed by atoms with Crippen LogP contribution in [0.25, 0.3) is 0 Å². The molecular weight excluding hydrogens is 310 g/mol. The number of carbonyl (C=O) groups is 1. The molecule has 3 nitrogen and oxygen atoms in total. The third-order valence-electron chi connectivity index (χ3n) is 0.943. The van der Waals surface area contributed by atoms with Gasteiger partial charge in [-0.25, -0.2) is 0 Å². The van der Waals surface area contributed by atoms with Gasteiger partial charge in [0, 0.05) is 0 Å². The summed E-state index contributed by atoms with van der Waals surface area (Å²) in [6.45, 7) is 0. The molecule has 0 amide bonds. The van der Waals surface area contributed by atoms with Crippen LogP contribution in [-0.4, -0.2) is 16.1 Å². The molecule has 0 unspecified atom stereocenters. The van der Waals surface area contributed by atoms with Gasteiger partial charge in [-0.15, -0.1) is 0 Å². The van der Waals surface area contributed by atoms with E-state index in [1.807, 2.05) is 0 Å². The van der Waals surface area contributed by atoms with Crippen LogP contribution in [0, 0.1) is 0 Å². The third-order valence-corrected chi connectivity index (χ3v) is 1.91. The number of rotatable bonds is 1. The monoisotopic (exact) mass is 315 g/mol. The first-order valence-electron chi connectivity index (χ1n) is 2.53. The van der Waals surface area contributed by atoms with E-state index in [9.17, 15) is 4.79 Å². The van der Waals surface area contributed by atoms with E-state index >= 15 is 0 Å². The predicted octanol–water partition coefficient (Wildman–Crippen LogP) is -0.0481. The summed E-state index contributed by atoms with van der Waals surface area (Å²) < 4.78 is 0.690. The predicted molar refractivity (Wildman–Crippen MR) is 30.8 cm³/mol. The number of aromatic carboxylic acids is 1. The summed E-state index contributed by atoms with van der Waals surface area (Å²) in [7, 11) is 0. The summed E-state index contributed by atoms with van der Waals surface area (Å²) in [6.07, 6.45) is 1.47. The van der Waals surface area contributed by atoms with Crippen LogP contribution in [0.5, 0.6) is 0 Å². The Bertz CT molecular complexity index is 262. The molecule has 0 aliphatic carbocycles. The van der Waals surface area contributed by atoms with Gasteiger partial charge in [-0.1, -0.05) is 0 Å². The number of hydrogen-bond donors (Lipinski definition) is 1. The molecule has 0 radical (unpaired) electrons. The van der Waals surface area contributed by atoms with Gasteiger partial charge in [0.2, 0.25) is 0 Å². The van der Waals surface area contributed by atoms with E-state index in [0.29, 0.717) is 4.08 Å². The molecular formula is C6H4IrNO2. The normalized spacial score (nSPS) is 9.40. The fraction of sp³-hybridized carbons (Fsp3) is 0. The summed E-state index contributed by atoms with van der Waals surface area (Å²) in [5.41, 5.74) is 0.127. The van der Waals surface area contributed by atoms with Crippen LogP contribution in [0.1, 0.15) is 10.5 Å². The van der Waals surface area contributed by atoms with Crippen molar-refractivity contribution in [2.24, 2.45) is 0 Å². The second kappa shape index (κ2) is 2.90. The van der Waals surface area contributed by atoms with Crippen LogP contribution < -0.4 is 4.08 Å². The van der Waals surface area contributed by atoms with Crippen molar-refractivity contribution in [2.75, 3.05) is 0 Å². The van der Waals surface area contributed by atoms with E-state index in [1.165, 1.54) is 6.20 Å². The minimum absolute atomic E-state index is 0.127. The quantitative estimate of drug-likeness (QED) is 0.791. The van der Waals surface area contributed by atoms with Crippen molar-refractivity contribution in [3.63, 3.8) is 0 Å². The molecule has 1 aromatic heterocycles. The van der Waals surface area contributed by atoms with Gasteiger partial charge in [-0.3, -0.25) is 0 Å². The van der Waals surface area contributed by atoms with Gasteiger partial charge in [-0.05, 0) is 0 Å². The van der Waals surface area contributed by atoms with E-state index < -0.39 is 5.97 Å². The summed E-state index contributed by atoms with van der Waals surface area (Å²) in [4.78, 5) is 14.0. The Labute approximate surface area is 68.3 Å². The number of carboxylic acids is 1. The third kappa shape index (κ3) is 1.40. The fourth-order valence-electron chi connectivity index (χ4n) is 0.531. The molecule has 1 heterocycles. The Kier molecular flexibility index (Phi) is 2.14. The van der Waals surface area contributed by atoms with Gasteiger partial charge >= 0.3 is 67.9 Å². The first kappa shape index (κ1) is 7.38. The molecule has 0 saturated carbocycles. The first-order chi connectivity index (χ1) is 4.72. The molecule has 1 aromatic rings. The zero-order valence-electron chi connectivity index (χ0n) is 4.87. The fourth-order valence-corrected chi connectivity index (χ4v) is 1.17. The van der Waals surface area contributed by atoms with Crippen molar-refractivity contribution in [1.29, 1.82) is 0 Å². The number of nitrogens with zero attached hydrogens (tertiary/aromatic N) is 1. The van der Waals surface area contributed by atoms with Gasteiger partial charge in [0.25, 0.3) is 0 Å². The zero-order valence-corrected chi connectivity index (χ0v) is 7.26. The van der Waals surface area contributed by atoms with Gasteiger partial charge in [0.15, 0.2) is 0 Å². The molecule has 0 aliphatic heterocycles. The van der Waals surface area contributed by atoms with Crippen molar-refractivity contribution in [2.45, 2.75) is 0 Å². The van der Waals surface area contributed by atoms with Crippen LogP contribution in [0.4, 0.5) is 0 Å². The van der Waals surface area contributed by atoms with Gasteiger partial charge in [0.05, 0.1) is 0 Å². The average Bonchev–Trinajstić information content (AvgIpc) is 1.88. The number of pyridine rings is 1. The molecule has 0 spiro atoms. The SMILES string of the molecule is O=C(O)c1nccc[c]1[Ir]. The topological polar surface area (TPSA) is 50.2 Å². The maximum atomic E-state index is 10.4. The molecule has 0 aromatic carbocycles. The number of hydrogen-bond acceptors (Lipinski definition) is 2. The molecule has 0 atom stereocenters. The molecule has 4 heteroatoms. The van der Waals surface area contributed by atoms with E-state index in [1.54, 1.807) is 31.0 Å². The second-order valence-corrected chi connectivity index (χ2v) is 2.91. The van der Waals surface area contributed by atoms with Crippen molar-refractivity contribution in [3.05, 3.63) is 24.0 Å². The minimum atomic E-state index is -0.974. The maximum absolute atomic E-state index is 10.4. The Morgan fingerprint density at radius 3 is 2.80 bits per heavy atom. The van der Waals surface area contributed by atoms with Crippen molar-refractivity contribution in [3.8, 4) is 0 Å². The van der Waals surface area contributed by atoms with Crippen LogP contribution in [-0.2, 0) is 18.9 Å². The van der Waals surface area contributed by atoms with Crippen molar-refractivity contribution in [1.82, 2.24) is 4.98 Å². The number of aromatic nitrogens is 1. The van der Waals surface area contributed by atoms with E-state index in [4.69, 9.17) is 5.11 Å². The molecule has 0 fully saturated rings. The standard InChI is InChI=1S/C6H4NO2.Ir/c8-6(9)5-3-1-2-4-7-5;/h1-2,4H,(H,8,9);. The van der Waals surface area contributed by atoms with Crippen LogP contribution in [0.15, 0.2) is 18.3 Å². The van der Waals surface area contributed by atoms with Gasteiger partial charge < -0.3 is 0 Å². The van der Waals surface area contributed by atoms with Crippen molar-refractivity contribution < 1.29 is 28.8 Å². The second-order valence-electron chi connectivity index (χ2n) is 1.61. The Morgan fingerprint density at radius 2 is 2.40 bits per heavy atom. The molecule has 0 bridgehead atoms. The molecule has 10 heavy (non-hydrogen) atoms. The summed E-state index contributed by atoms with van der Waals surface area (Å²) in [5.74, 6) is -0.974. The van der Waals surface area contributed by atoms with E-state index in [0.717, 1.165) is 0 Å². The first-order valence-corrected chi connectivity index (χ1v) is 3.73. The molecule has 0 aliphatic rings. The Balaban J connectivity index is 3.15. The Hall–Kier alpha value is -0.731. The molecule has 0 saturated heterocycles. The van der Waals surface area contributed by atoms with E-state index in [-0.39, 0.29) is 5.69 Å². The Morgan fingerprint density at radius 1 is 1.70 bits per heavy atom. The number of carboxylic acid groups (broad SMARTS) is 1. The summed E-state index contributed by atoms with van der Waals surface area (Å²) in [6, 6.07) is 3.43. The molecule has 54 valence electrons. The molecule has 1 N–H and O–H groups in total. The van der Waals surface area contributed by atoms with Crippen LogP contribution in [0.2, 0.25) is 0 Å². The van der Waals surface area contributed by atoms with E-state index in [2.05, 4.69) is 4.98 Å². The average molecular weight is 314 g/mol. The van der Waals surface area contributed by atoms with Crippen LogP contribution >= 0.6 is 0 Å². The zero-order chi connectivity index (χ0) is 7.56. The summed E-state index contributed by atoms with van der Waals surface area (Å²) >= 11 is 1.72. The molecule has 1 rings (SSSR count).